The molecule has 0 aliphatic heterocycles. The third-order valence-corrected chi connectivity index (χ3v) is 4.20. The van der Waals surface area contributed by atoms with Crippen LogP contribution in [0.5, 0.6) is 0 Å². The van der Waals surface area contributed by atoms with E-state index < -0.39 is 0 Å². The van der Waals surface area contributed by atoms with Crippen molar-refractivity contribution < 1.29 is 0 Å². The van der Waals surface area contributed by atoms with Crippen LogP contribution in [0.15, 0.2) is 23.8 Å². The number of nitrogens with zero attached hydrogens (tertiary/aromatic N) is 2. The first kappa shape index (κ1) is 13.3. The topological polar surface area (TPSA) is 29.9 Å². The van der Waals surface area contributed by atoms with E-state index in [-0.39, 0.29) is 0 Å². The standard InChI is InChI=1S/C14H21N3S/c1-11(10-17-6-5-16-13(17)3)8-15-9-14-12(2)4-7-18-14/h4-7,11,15H,8-10H2,1-3H3. The summed E-state index contributed by atoms with van der Waals surface area (Å²) in [4.78, 5) is 5.69. The first-order valence-corrected chi connectivity index (χ1v) is 7.26. The van der Waals surface area contributed by atoms with E-state index in [1.807, 2.05) is 17.5 Å². The van der Waals surface area contributed by atoms with Crippen molar-refractivity contribution in [3.63, 3.8) is 0 Å². The Morgan fingerprint density at radius 3 is 2.89 bits per heavy atom. The summed E-state index contributed by atoms with van der Waals surface area (Å²) < 4.78 is 2.21. The lowest BCUT2D eigenvalue weighted by atomic mass is 10.2. The number of thiophene rings is 1. The van der Waals surface area contributed by atoms with Crippen molar-refractivity contribution in [3.8, 4) is 0 Å². The smallest absolute Gasteiger partial charge is 0.105 e. The lowest BCUT2D eigenvalue weighted by Crippen LogP contribution is -2.23. The summed E-state index contributed by atoms with van der Waals surface area (Å²) in [5.74, 6) is 1.70. The van der Waals surface area contributed by atoms with Crippen LogP contribution in [0.3, 0.4) is 0 Å². The van der Waals surface area contributed by atoms with Gasteiger partial charge in [0.2, 0.25) is 0 Å². The zero-order chi connectivity index (χ0) is 13.0. The van der Waals surface area contributed by atoms with Gasteiger partial charge < -0.3 is 9.88 Å². The SMILES string of the molecule is Cc1ccsc1CNCC(C)Cn1ccnc1C. The molecule has 18 heavy (non-hydrogen) atoms. The Bertz CT molecular complexity index is 487. The van der Waals surface area contributed by atoms with E-state index in [4.69, 9.17) is 0 Å². The van der Waals surface area contributed by atoms with Crippen molar-refractivity contribution in [1.29, 1.82) is 0 Å². The van der Waals surface area contributed by atoms with Crippen LogP contribution in [0.2, 0.25) is 0 Å². The molecule has 1 N–H and O–H groups in total. The molecule has 0 amide bonds. The number of rotatable bonds is 6. The Morgan fingerprint density at radius 1 is 1.44 bits per heavy atom. The summed E-state index contributed by atoms with van der Waals surface area (Å²) in [5.41, 5.74) is 1.39. The monoisotopic (exact) mass is 263 g/mol. The highest BCUT2D eigenvalue weighted by Crippen LogP contribution is 2.15. The van der Waals surface area contributed by atoms with Gasteiger partial charge in [-0.2, -0.15) is 0 Å². The minimum Gasteiger partial charge on any atom is -0.335 e. The Labute approximate surface area is 113 Å². The average Bonchev–Trinajstić information content (AvgIpc) is 2.90. The minimum absolute atomic E-state index is 0.609. The fourth-order valence-corrected chi connectivity index (χ4v) is 2.89. The number of hydrogen-bond donors (Lipinski definition) is 1. The summed E-state index contributed by atoms with van der Waals surface area (Å²) >= 11 is 1.83. The van der Waals surface area contributed by atoms with Crippen LogP contribution in [0.25, 0.3) is 0 Å². The normalized spacial score (nSPS) is 12.8. The molecule has 2 rings (SSSR count). The molecule has 98 valence electrons. The fraction of sp³-hybridized carbons (Fsp3) is 0.500. The molecule has 0 saturated heterocycles. The predicted molar refractivity (Wildman–Crippen MR) is 76.9 cm³/mol. The number of hydrogen-bond acceptors (Lipinski definition) is 3. The van der Waals surface area contributed by atoms with Crippen LogP contribution < -0.4 is 5.32 Å². The predicted octanol–water partition coefficient (Wildman–Crippen LogP) is 2.99. The minimum atomic E-state index is 0.609. The fourth-order valence-electron chi connectivity index (χ4n) is 2.01. The second-order valence-corrected chi connectivity index (χ2v) is 5.89. The average molecular weight is 263 g/mol. The second-order valence-electron chi connectivity index (χ2n) is 4.89. The molecular weight excluding hydrogens is 242 g/mol. The Morgan fingerprint density at radius 2 is 2.28 bits per heavy atom. The molecular formula is C14H21N3S. The zero-order valence-corrected chi connectivity index (χ0v) is 12.1. The van der Waals surface area contributed by atoms with Crippen LogP contribution >= 0.6 is 11.3 Å². The number of aromatic nitrogens is 2. The van der Waals surface area contributed by atoms with Crippen LogP contribution in [-0.2, 0) is 13.1 Å². The first-order chi connectivity index (χ1) is 8.66. The Balaban J connectivity index is 1.74. The van der Waals surface area contributed by atoms with Gasteiger partial charge in [-0.3, -0.25) is 0 Å². The van der Waals surface area contributed by atoms with Crippen molar-refractivity contribution in [3.05, 3.63) is 40.1 Å². The van der Waals surface area contributed by atoms with Crippen molar-refractivity contribution >= 4 is 11.3 Å². The van der Waals surface area contributed by atoms with Gasteiger partial charge in [0, 0.05) is 30.4 Å². The highest BCUT2D eigenvalue weighted by molar-refractivity contribution is 7.10. The third kappa shape index (κ3) is 3.43. The molecule has 0 aromatic carbocycles. The number of nitrogens with one attached hydrogen (secondary N) is 1. The van der Waals surface area contributed by atoms with Gasteiger partial charge in [-0.05, 0) is 43.3 Å². The molecule has 3 nitrogen and oxygen atoms in total. The van der Waals surface area contributed by atoms with Crippen LogP contribution in [0, 0.1) is 19.8 Å². The van der Waals surface area contributed by atoms with Crippen molar-refractivity contribution in [2.75, 3.05) is 6.54 Å². The van der Waals surface area contributed by atoms with Crippen LogP contribution in [0.1, 0.15) is 23.2 Å². The van der Waals surface area contributed by atoms with Gasteiger partial charge in [-0.15, -0.1) is 11.3 Å². The molecule has 2 aromatic rings. The van der Waals surface area contributed by atoms with Gasteiger partial charge in [0.15, 0.2) is 0 Å². The summed E-state index contributed by atoms with van der Waals surface area (Å²) in [6.07, 6.45) is 3.92. The maximum Gasteiger partial charge on any atom is 0.105 e. The molecule has 0 aliphatic carbocycles. The Kier molecular flexibility index (Phi) is 4.55. The molecule has 1 atom stereocenters. The highest BCUT2D eigenvalue weighted by atomic mass is 32.1. The number of imidazole rings is 1. The van der Waals surface area contributed by atoms with Crippen molar-refractivity contribution in [1.82, 2.24) is 14.9 Å². The lowest BCUT2D eigenvalue weighted by molar-refractivity contribution is 0.441. The molecule has 2 heterocycles. The third-order valence-electron chi connectivity index (χ3n) is 3.18. The van der Waals surface area contributed by atoms with E-state index in [0.717, 1.165) is 25.5 Å². The summed E-state index contributed by atoms with van der Waals surface area (Å²) in [6, 6.07) is 2.18. The molecule has 0 fully saturated rings. The maximum atomic E-state index is 4.25. The molecule has 0 radical (unpaired) electrons. The summed E-state index contributed by atoms with van der Waals surface area (Å²) in [5, 5.41) is 5.69. The summed E-state index contributed by atoms with van der Waals surface area (Å²) in [6.45, 7) is 9.54. The van der Waals surface area contributed by atoms with Crippen LogP contribution in [0.4, 0.5) is 0 Å². The van der Waals surface area contributed by atoms with Gasteiger partial charge >= 0.3 is 0 Å². The van der Waals surface area contributed by atoms with Crippen molar-refractivity contribution in [2.45, 2.75) is 33.9 Å². The quantitative estimate of drug-likeness (QED) is 0.868. The molecule has 4 heteroatoms. The van der Waals surface area contributed by atoms with E-state index in [9.17, 15) is 0 Å². The van der Waals surface area contributed by atoms with Gasteiger partial charge in [0.25, 0.3) is 0 Å². The van der Waals surface area contributed by atoms with Gasteiger partial charge in [-0.1, -0.05) is 6.92 Å². The number of aryl methyl sites for hydroxylation is 2. The van der Waals surface area contributed by atoms with Gasteiger partial charge in [0.1, 0.15) is 5.82 Å². The van der Waals surface area contributed by atoms with E-state index in [2.05, 4.69) is 53.3 Å². The molecule has 0 spiro atoms. The molecule has 2 aromatic heterocycles. The maximum absolute atomic E-state index is 4.25. The molecule has 1 unspecified atom stereocenters. The second kappa shape index (κ2) is 6.16. The van der Waals surface area contributed by atoms with Gasteiger partial charge in [0.05, 0.1) is 0 Å². The van der Waals surface area contributed by atoms with Crippen molar-refractivity contribution in [2.24, 2.45) is 5.92 Å². The van der Waals surface area contributed by atoms with Crippen LogP contribution in [-0.4, -0.2) is 16.1 Å². The van der Waals surface area contributed by atoms with E-state index in [1.54, 1.807) is 0 Å². The van der Waals surface area contributed by atoms with E-state index in [0.29, 0.717) is 5.92 Å². The highest BCUT2D eigenvalue weighted by Gasteiger charge is 2.05. The molecule has 0 aliphatic rings. The zero-order valence-electron chi connectivity index (χ0n) is 11.3. The van der Waals surface area contributed by atoms with Gasteiger partial charge in [-0.25, -0.2) is 4.98 Å². The molecule has 0 bridgehead atoms. The molecule has 0 saturated carbocycles. The lowest BCUT2D eigenvalue weighted by Gasteiger charge is -2.14. The Hall–Kier alpha value is -1.13. The first-order valence-electron chi connectivity index (χ1n) is 6.38. The van der Waals surface area contributed by atoms with E-state index >= 15 is 0 Å². The van der Waals surface area contributed by atoms with E-state index in [1.165, 1.54) is 10.4 Å². The largest absolute Gasteiger partial charge is 0.335 e. The summed E-state index contributed by atoms with van der Waals surface area (Å²) in [7, 11) is 0.